The van der Waals surface area contributed by atoms with Crippen molar-refractivity contribution >= 4 is 17.5 Å². The molecule has 2 amide bonds. The second kappa shape index (κ2) is 8.71. The summed E-state index contributed by atoms with van der Waals surface area (Å²) in [7, 11) is 1.60. The zero-order valence-corrected chi connectivity index (χ0v) is 15.9. The molecule has 1 aliphatic rings. The summed E-state index contributed by atoms with van der Waals surface area (Å²) in [6, 6.07) is 15.4. The van der Waals surface area contributed by atoms with Crippen molar-refractivity contribution in [2.24, 2.45) is 5.92 Å². The van der Waals surface area contributed by atoms with Gasteiger partial charge in [-0.2, -0.15) is 0 Å². The number of anilines is 1. The number of piperidine rings is 1. The van der Waals surface area contributed by atoms with Gasteiger partial charge in [0, 0.05) is 30.8 Å². The Bertz CT molecular complexity index is 811. The highest BCUT2D eigenvalue weighted by Gasteiger charge is 2.27. The monoisotopic (exact) mass is 366 g/mol. The van der Waals surface area contributed by atoms with Crippen LogP contribution in [0.4, 0.5) is 5.69 Å². The van der Waals surface area contributed by atoms with Crippen LogP contribution in [-0.2, 0) is 16.0 Å². The largest absolute Gasteiger partial charge is 0.497 e. The van der Waals surface area contributed by atoms with E-state index in [0.29, 0.717) is 38.1 Å². The Kier molecular flexibility index (Phi) is 6.12. The maximum absolute atomic E-state index is 12.5. The van der Waals surface area contributed by atoms with E-state index in [4.69, 9.17) is 4.74 Å². The standard InChI is InChI=1S/C22H26N2O3/c1-16-5-3-6-17(13-16)14-21(25)24-11-9-18(10-12-24)22(26)23-19-7-4-8-20(15-19)27-2/h3-8,13,15,18H,9-12,14H2,1-2H3,(H,23,26). The molecule has 1 aliphatic heterocycles. The number of aryl methyl sites for hydroxylation is 1. The maximum Gasteiger partial charge on any atom is 0.227 e. The summed E-state index contributed by atoms with van der Waals surface area (Å²) in [5, 5.41) is 2.95. The van der Waals surface area contributed by atoms with Crippen molar-refractivity contribution < 1.29 is 14.3 Å². The fourth-order valence-corrected chi connectivity index (χ4v) is 3.44. The number of carbonyl (C=O) groups is 2. The van der Waals surface area contributed by atoms with Crippen molar-refractivity contribution in [1.29, 1.82) is 0 Å². The normalized spacial score (nSPS) is 14.7. The summed E-state index contributed by atoms with van der Waals surface area (Å²) >= 11 is 0. The lowest BCUT2D eigenvalue weighted by molar-refractivity contribution is -0.133. The van der Waals surface area contributed by atoms with Gasteiger partial charge in [-0.05, 0) is 37.5 Å². The smallest absolute Gasteiger partial charge is 0.227 e. The minimum absolute atomic E-state index is 0.00837. The Morgan fingerprint density at radius 2 is 1.85 bits per heavy atom. The van der Waals surface area contributed by atoms with Gasteiger partial charge in [-0.25, -0.2) is 0 Å². The van der Waals surface area contributed by atoms with Crippen molar-refractivity contribution in [3.8, 4) is 5.75 Å². The van der Waals surface area contributed by atoms with Crippen LogP contribution in [0.25, 0.3) is 0 Å². The number of hydrogen-bond donors (Lipinski definition) is 1. The lowest BCUT2D eigenvalue weighted by atomic mass is 9.95. The van der Waals surface area contributed by atoms with E-state index in [-0.39, 0.29) is 17.7 Å². The van der Waals surface area contributed by atoms with E-state index in [9.17, 15) is 9.59 Å². The molecule has 1 saturated heterocycles. The van der Waals surface area contributed by atoms with Crippen LogP contribution in [0.5, 0.6) is 5.75 Å². The van der Waals surface area contributed by atoms with Gasteiger partial charge in [0.1, 0.15) is 5.75 Å². The van der Waals surface area contributed by atoms with Gasteiger partial charge in [0.25, 0.3) is 0 Å². The third kappa shape index (κ3) is 5.09. The second-order valence-electron chi connectivity index (χ2n) is 7.04. The van der Waals surface area contributed by atoms with Gasteiger partial charge in [-0.15, -0.1) is 0 Å². The SMILES string of the molecule is COc1cccc(NC(=O)C2CCN(C(=O)Cc3cccc(C)c3)CC2)c1. The number of amides is 2. The minimum Gasteiger partial charge on any atom is -0.497 e. The van der Waals surface area contributed by atoms with Crippen LogP contribution in [0, 0.1) is 12.8 Å². The second-order valence-corrected chi connectivity index (χ2v) is 7.04. The first-order chi connectivity index (χ1) is 13.0. The van der Waals surface area contributed by atoms with Gasteiger partial charge >= 0.3 is 0 Å². The summed E-state index contributed by atoms with van der Waals surface area (Å²) in [5.74, 6) is 0.782. The predicted molar refractivity (Wildman–Crippen MR) is 106 cm³/mol. The molecule has 1 heterocycles. The van der Waals surface area contributed by atoms with Crippen LogP contribution in [0.15, 0.2) is 48.5 Å². The number of rotatable bonds is 5. The summed E-state index contributed by atoms with van der Waals surface area (Å²) in [5.41, 5.74) is 2.93. The van der Waals surface area contributed by atoms with Gasteiger partial charge < -0.3 is 15.0 Å². The lowest BCUT2D eigenvalue weighted by Gasteiger charge is -2.31. The van der Waals surface area contributed by atoms with Crippen molar-refractivity contribution in [1.82, 2.24) is 4.90 Å². The first-order valence-corrected chi connectivity index (χ1v) is 9.33. The highest BCUT2D eigenvalue weighted by molar-refractivity contribution is 5.93. The first kappa shape index (κ1) is 19.0. The highest BCUT2D eigenvalue weighted by Crippen LogP contribution is 2.22. The molecule has 0 radical (unpaired) electrons. The maximum atomic E-state index is 12.5. The number of nitrogens with zero attached hydrogens (tertiary/aromatic N) is 1. The number of nitrogens with one attached hydrogen (secondary N) is 1. The van der Waals surface area contributed by atoms with E-state index in [1.165, 1.54) is 0 Å². The molecule has 0 spiro atoms. The third-order valence-corrected chi connectivity index (χ3v) is 4.99. The number of ether oxygens (including phenoxy) is 1. The Balaban J connectivity index is 1.50. The molecule has 27 heavy (non-hydrogen) atoms. The van der Waals surface area contributed by atoms with Gasteiger partial charge in [0.2, 0.25) is 11.8 Å². The molecule has 3 rings (SSSR count). The molecule has 1 N–H and O–H groups in total. The van der Waals surface area contributed by atoms with E-state index in [1.54, 1.807) is 13.2 Å². The van der Waals surface area contributed by atoms with E-state index in [1.807, 2.05) is 54.3 Å². The van der Waals surface area contributed by atoms with Gasteiger partial charge in [-0.3, -0.25) is 9.59 Å². The van der Waals surface area contributed by atoms with Crippen molar-refractivity contribution in [3.63, 3.8) is 0 Å². The molecule has 2 aromatic rings. The third-order valence-electron chi connectivity index (χ3n) is 4.99. The fourth-order valence-electron chi connectivity index (χ4n) is 3.44. The number of methoxy groups -OCH3 is 1. The number of carbonyl (C=O) groups excluding carboxylic acids is 2. The molecule has 0 atom stereocenters. The number of benzene rings is 2. The van der Waals surface area contributed by atoms with Crippen LogP contribution >= 0.6 is 0 Å². The molecule has 5 nitrogen and oxygen atoms in total. The van der Waals surface area contributed by atoms with Gasteiger partial charge in [0.05, 0.1) is 13.5 Å². The Morgan fingerprint density at radius 1 is 1.11 bits per heavy atom. The van der Waals surface area contributed by atoms with Gasteiger partial charge in [-0.1, -0.05) is 35.9 Å². The Labute approximate surface area is 160 Å². The summed E-state index contributed by atoms with van der Waals surface area (Å²) < 4.78 is 5.18. The molecule has 1 fully saturated rings. The first-order valence-electron chi connectivity index (χ1n) is 9.33. The molecule has 0 unspecified atom stereocenters. The van der Waals surface area contributed by atoms with Crippen LogP contribution in [0.1, 0.15) is 24.0 Å². The van der Waals surface area contributed by atoms with E-state index < -0.39 is 0 Å². The predicted octanol–water partition coefficient (Wildman–Crippen LogP) is 3.42. The fraction of sp³-hybridized carbons (Fsp3) is 0.364. The van der Waals surface area contributed by atoms with Crippen molar-refractivity contribution in [3.05, 3.63) is 59.7 Å². The minimum atomic E-state index is -0.0702. The summed E-state index contributed by atoms with van der Waals surface area (Å²) in [6.45, 7) is 3.28. The van der Waals surface area contributed by atoms with Crippen LogP contribution < -0.4 is 10.1 Å². The summed E-state index contributed by atoms with van der Waals surface area (Å²) in [4.78, 5) is 26.9. The molecule has 0 bridgehead atoms. The van der Waals surface area contributed by atoms with Crippen molar-refractivity contribution in [2.45, 2.75) is 26.2 Å². The van der Waals surface area contributed by atoms with Crippen LogP contribution in [-0.4, -0.2) is 36.9 Å². The number of hydrogen-bond acceptors (Lipinski definition) is 3. The average molecular weight is 366 g/mol. The average Bonchev–Trinajstić information content (AvgIpc) is 2.68. The topological polar surface area (TPSA) is 58.6 Å². The van der Waals surface area contributed by atoms with E-state index >= 15 is 0 Å². The zero-order chi connectivity index (χ0) is 19.2. The molecular weight excluding hydrogens is 340 g/mol. The Hall–Kier alpha value is -2.82. The molecule has 2 aromatic carbocycles. The van der Waals surface area contributed by atoms with Gasteiger partial charge in [0.15, 0.2) is 0 Å². The highest BCUT2D eigenvalue weighted by atomic mass is 16.5. The Morgan fingerprint density at radius 3 is 2.56 bits per heavy atom. The van der Waals surface area contributed by atoms with E-state index in [0.717, 1.165) is 16.8 Å². The lowest BCUT2D eigenvalue weighted by Crippen LogP contribution is -2.42. The molecule has 0 aromatic heterocycles. The molecular formula is C22H26N2O3. The van der Waals surface area contributed by atoms with Crippen molar-refractivity contribution in [2.75, 3.05) is 25.5 Å². The molecule has 142 valence electrons. The van der Waals surface area contributed by atoms with Crippen LogP contribution in [0.3, 0.4) is 0 Å². The number of likely N-dealkylation sites (tertiary alicyclic amines) is 1. The quantitative estimate of drug-likeness (QED) is 0.882. The zero-order valence-electron chi connectivity index (χ0n) is 15.9. The molecule has 0 saturated carbocycles. The van der Waals surface area contributed by atoms with Crippen LogP contribution in [0.2, 0.25) is 0 Å². The molecule has 5 heteroatoms. The summed E-state index contributed by atoms with van der Waals surface area (Å²) in [6.07, 6.45) is 1.80. The van der Waals surface area contributed by atoms with E-state index in [2.05, 4.69) is 5.32 Å². The molecule has 0 aliphatic carbocycles.